The van der Waals surface area contributed by atoms with Gasteiger partial charge >= 0.3 is 0 Å². The lowest BCUT2D eigenvalue weighted by atomic mass is 10.2. The van der Waals surface area contributed by atoms with Crippen molar-refractivity contribution >= 4 is 5.91 Å². The van der Waals surface area contributed by atoms with Crippen molar-refractivity contribution in [1.29, 1.82) is 0 Å². The minimum absolute atomic E-state index is 0.158. The molecule has 0 aromatic carbocycles. The van der Waals surface area contributed by atoms with Crippen molar-refractivity contribution < 1.29 is 19.4 Å². The van der Waals surface area contributed by atoms with Crippen LogP contribution in [0.2, 0.25) is 0 Å². The minimum Gasteiger partial charge on any atom is -0.381 e. The van der Waals surface area contributed by atoms with Gasteiger partial charge < -0.3 is 19.9 Å². The SMILES string of the molecule is C=CC(=O)NCC(C)COCCCOCC(C)CNC(O)C=C. The molecule has 0 aliphatic carbocycles. The molecule has 0 spiro atoms. The summed E-state index contributed by atoms with van der Waals surface area (Å²) in [5.74, 6) is 0.427. The van der Waals surface area contributed by atoms with Gasteiger partial charge in [0.15, 0.2) is 0 Å². The van der Waals surface area contributed by atoms with E-state index in [2.05, 4.69) is 30.7 Å². The van der Waals surface area contributed by atoms with Crippen molar-refractivity contribution in [2.75, 3.05) is 39.5 Å². The highest BCUT2D eigenvalue weighted by Gasteiger charge is 2.05. The number of rotatable bonds is 15. The Morgan fingerprint density at radius 3 is 2.22 bits per heavy atom. The average molecular weight is 328 g/mol. The van der Waals surface area contributed by atoms with Crippen LogP contribution in [0.5, 0.6) is 0 Å². The molecule has 0 aromatic heterocycles. The van der Waals surface area contributed by atoms with E-state index in [1.807, 2.05) is 6.92 Å². The zero-order valence-electron chi connectivity index (χ0n) is 14.4. The number of carbonyl (C=O) groups is 1. The number of aliphatic hydroxyl groups excluding tert-OH is 1. The molecule has 3 unspecified atom stereocenters. The van der Waals surface area contributed by atoms with Crippen molar-refractivity contribution in [3.05, 3.63) is 25.3 Å². The first-order chi connectivity index (χ1) is 11.0. The van der Waals surface area contributed by atoms with Crippen LogP contribution in [0.1, 0.15) is 20.3 Å². The van der Waals surface area contributed by atoms with Gasteiger partial charge in [0.05, 0.1) is 13.2 Å². The molecular formula is C17H32N2O4. The quantitative estimate of drug-likeness (QED) is 0.181. The normalized spacial score (nSPS) is 14.7. The van der Waals surface area contributed by atoms with E-state index in [0.717, 1.165) is 6.42 Å². The molecule has 0 saturated heterocycles. The van der Waals surface area contributed by atoms with Gasteiger partial charge in [0.2, 0.25) is 5.91 Å². The summed E-state index contributed by atoms with van der Waals surface area (Å²) < 4.78 is 11.1. The Morgan fingerprint density at radius 2 is 1.70 bits per heavy atom. The van der Waals surface area contributed by atoms with Gasteiger partial charge in [-0.1, -0.05) is 27.0 Å². The summed E-state index contributed by atoms with van der Waals surface area (Å²) in [5, 5.41) is 15.0. The minimum atomic E-state index is -0.663. The summed E-state index contributed by atoms with van der Waals surface area (Å²) in [6, 6.07) is 0. The maximum absolute atomic E-state index is 11.0. The summed E-state index contributed by atoms with van der Waals surface area (Å²) in [5.41, 5.74) is 0. The van der Waals surface area contributed by atoms with Gasteiger partial charge in [-0.05, 0) is 30.4 Å². The largest absolute Gasteiger partial charge is 0.381 e. The van der Waals surface area contributed by atoms with E-state index >= 15 is 0 Å². The van der Waals surface area contributed by atoms with Gasteiger partial charge in [-0.15, -0.1) is 0 Å². The van der Waals surface area contributed by atoms with Gasteiger partial charge in [-0.3, -0.25) is 10.1 Å². The number of hydrogen-bond acceptors (Lipinski definition) is 5. The molecule has 134 valence electrons. The summed E-state index contributed by atoms with van der Waals surface area (Å²) in [7, 11) is 0. The lowest BCUT2D eigenvalue weighted by Gasteiger charge is -2.15. The van der Waals surface area contributed by atoms with E-state index in [4.69, 9.17) is 9.47 Å². The van der Waals surface area contributed by atoms with Crippen molar-refractivity contribution in [3.63, 3.8) is 0 Å². The predicted octanol–water partition coefficient (Wildman–Crippen LogP) is 1.08. The number of hydrogen-bond donors (Lipinski definition) is 3. The van der Waals surface area contributed by atoms with Crippen molar-refractivity contribution in [2.24, 2.45) is 11.8 Å². The highest BCUT2D eigenvalue weighted by Crippen LogP contribution is 1.98. The second kappa shape index (κ2) is 14.4. The van der Waals surface area contributed by atoms with E-state index in [-0.39, 0.29) is 11.8 Å². The zero-order chi connectivity index (χ0) is 17.5. The van der Waals surface area contributed by atoms with Crippen LogP contribution in [-0.2, 0) is 14.3 Å². The van der Waals surface area contributed by atoms with Crippen LogP contribution in [0.3, 0.4) is 0 Å². The maximum Gasteiger partial charge on any atom is 0.243 e. The third-order valence-corrected chi connectivity index (χ3v) is 3.09. The van der Waals surface area contributed by atoms with Crippen LogP contribution in [0.25, 0.3) is 0 Å². The van der Waals surface area contributed by atoms with E-state index in [0.29, 0.717) is 45.4 Å². The van der Waals surface area contributed by atoms with Gasteiger partial charge in [-0.25, -0.2) is 0 Å². The molecule has 23 heavy (non-hydrogen) atoms. The van der Waals surface area contributed by atoms with Crippen LogP contribution < -0.4 is 10.6 Å². The highest BCUT2D eigenvalue weighted by molar-refractivity contribution is 5.86. The molecule has 0 bridgehead atoms. The Morgan fingerprint density at radius 1 is 1.13 bits per heavy atom. The highest BCUT2D eigenvalue weighted by atomic mass is 16.5. The number of carbonyl (C=O) groups excluding carboxylic acids is 1. The topological polar surface area (TPSA) is 79.8 Å². The summed E-state index contributed by atoms with van der Waals surface area (Å²) in [4.78, 5) is 11.0. The fourth-order valence-corrected chi connectivity index (χ4v) is 1.70. The fourth-order valence-electron chi connectivity index (χ4n) is 1.70. The van der Waals surface area contributed by atoms with Gasteiger partial charge in [0.25, 0.3) is 0 Å². The Bertz CT molecular complexity index is 337. The molecule has 3 atom stereocenters. The van der Waals surface area contributed by atoms with E-state index in [1.54, 1.807) is 0 Å². The van der Waals surface area contributed by atoms with Crippen LogP contribution in [0.15, 0.2) is 25.3 Å². The Labute approximate surface area is 139 Å². The van der Waals surface area contributed by atoms with E-state index in [9.17, 15) is 9.90 Å². The molecule has 0 heterocycles. The summed E-state index contributed by atoms with van der Waals surface area (Å²) >= 11 is 0. The first kappa shape index (κ1) is 21.8. The van der Waals surface area contributed by atoms with Gasteiger partial charge in [0, 0.05) is 26.3 Å². The molecule has 0 saturated carbocycles. The standard InChI is InChI=1S/C17H32N2O4/c1-5-16(20)18-10-14(3)12-22-8-7-9-23-13-15(4)11-19-17(21)6-2/h5-6,14-16,18,20H,1-2,7-13H2,3-4H3,(H,19,21). The molecule has 0 aliphatic heterocycles. The first-order valence-corrected chi connectivity index (χ1v) is 8.09. The van der Waals surface area contributed by atoms with E-state index < -0.39 is 6.23 Å². The smallest absolute Gasteiger partial charge is 0.243 e. The average Bonchev–Trinajstić information content (AvgIpc) is 2.56. The second-order valence-electron chi connectivity index (χ2n) is 5.75. The number of aliphatic hydroxyl groups is 1. The third kappa shape index (κ3) is 14.1. The molecule has 1 amide bonds. The monoisotopic (exact) mass is 328 g/mol. The van der Waals surface area contributed by atoms with Crippen LogP contribution >= 0.6 is 0 Å². The number of amides is 1. The number of nitrogens with one attached hydrogen (secondary N) is 2. The molecule has 0 radical (unpaired) electrons. The maximum atomic E-state index is 11.0. The van der Waals surface area contributed by atoms with Gasteiger partial charge in [0.1, 0.15) is 6.23 Å². The lowest BCUT2D eigenvalue weighted by molar-refractivity contribution is -0.116. The predicted molar refractivity (Wildman–Crippen MR) is 92.0 cm³/mol. The summed E-state index contributed by atoms with van der Waals surface area (Å²) in [6.45, 7) is 14.8. The molecule has 0 rings (SSSR count). The molecule has 3 N–H and O–H groups in total. The Balaban J connectivity index is 3.40. The molecule has 0 aromatic rings. The second-order valence-corrected chi connectivity index (χ2v) is 5.75. The Kier molecular flexibility index (Phi) is 13.6. The van der Waals surface area contributed by atoms with Crippen LogP contribution in [0.4, 0.5) is 0 Å². The van der Waals surface area contributed by atoms with Crippen molar-refractivity contribution in [3.8, 4) is 0 Å². The van der Waals surface area contributed by atoms with Crippen LogP contribution in [0, 0.1) is 11.8 Å². The lowest BCUT2D eigenvalue weighted by Crippen LogP contribution is -2.32. The fraction of sp³-hybridized carbons (Fsp3) is 0.706. The number of ether oxygens (including phenoxy) is 2. The van der Waals surface area contributed by atoms with Crippen molar-refractivity contribution in [2.45, 2.75) is 26.5 Å². The Hall–Kier alpha value is -1.21. The van der Waals surface area contributed by atoms with Crippen molar-refractivity contribution in [1.82, 2.24) is 10.6 Å². The molecule has 0 fully saturated rings. The third-order valence-electron chi connectivity index (χ3n) is 3.09. The zero-order valence-corrected chi connectivity index (χ0v) is 14.4. The first-order valence-electron chi connectivity index (χ1n) is 8.09. The van der Waals surface area contributed by atoms with Gasteiger partial charge in [-0.2, -0.15) is 0 Å². The molecule has 6 heteroatoms. The summed E-state index contributed by atoms with van der Waals surface area (Å²) in [6.07, 6.45) is 2.89. The molecule has 6 nitrogen and oxygen atoms in total. The molecule has 0 aliphatic rings. The van der Waals surface area contributed by atoms with Crippen LogP contribution in [-0.4, -0.2) is 56.8 Å². The van der Waals surface area contributed by atoms with E-state index in [1.165, 1.54) is 12.2 Å². The molecular weight excluding hydrogens is 296 g/mol.